The van der Waals surface area contributed by atoms with Gasteiger partial charge in [0, 0.05) is 19.7 Å². The maximum atomic E-state index is 13.2. The van der Waals surface area contributed by atoms with Crippen LogP contribution in [0, 0.1) is 17.1 Å². The van der Waals surface area contributed by atoms with Crippen LogP contribution < -0.4 is 21.7 Å². The molecule has 1 unspecified atom stereocenters. The molecule has 10 heteroatoms. The number of carbonyl (C=O) groups excluding carboxylic acids is 1. The highest BCUT2D eigenvalue weighted by Crippen LogP contribution is 2.28. The molecule has 3 rings (SSSR count). The molecule has 2 heterocycles. The van der Waals surface area contributed by atoms with Crippen molar-refractivity contribution in [3.8, 4) is 6.07 Å². The molecule has 0 radical (unpaired) electrons. The quantitative estimate of drug-likeness (QED) is 0.537. The average molecular weight is 413 g/mol. The van der Waals surface area contributed by atoms with Gasteiger partial charge in [-0.1, -0.05) is 12.1 Å². The minimum Gasteiger partial charge on any atom is -0.396 e. The van der Waals surface area contributed by atoms with Crippen LogP contribution in [-0.2, 0) is 4.79 Å². The van der Waals surface area contributed by atoms with E-state index in [2.05, 4.69) is 15.3 Å². The van der Waals surface area contributed by atoms with Gasteiger partial charge >= 0.3 is 0 Å². The molecule has 2 aromatic rings. The van der Waals surface area contributed by atoms with E-state index in [4.69, 9.17) is 11.5 Å². The minimum atomic E-state index is -1.12. The molecule has 6 N–H and O–H groups in total. The average Bonchev–Trinajstić information content (AvgIpc) is 2.74. The fourth-order valence-electron chi connectivity index (χ4n) is 3.53. The number of hydrogen-bond donors (Lipinski definition) is 4. The molecule has 1 fully saturated rings. The van der Waals surface area contributed by atoms with E-state index >= 15 is 0 Å². The Bertz CT molecular complexity index is 937. The Hall–Kier alpha value is -3.29. The topological polar surface area (TPSA) is 154 Å². The summed E-state index contributed by atoms with van der Waals surface area (Å²) in [5.41, 5.74) is 11.9. The zero-order valence-electron chi connectivity index (χ0n) is 16.4. The molecular weight excluding hydrogens is 389 g/mol. The van der Waals surface area contributed by atoms with E-state index in [-0.39, 0.29) is 36.1 Å². The number of benzene rings is 1. The van der Waals surface area contributed by atoms with E-state index in [0.29, 0.717) is 37.3 Å². The molecule has 9 nitrogen and oxygen atoms in total. The first-order valence-electron chi connectivity index (χ1n) is 9.59. The number of aliphatic hydroxyl groups is 1. The summed E-state index contributed by atoms with van der Waals surface area (Å²) >= 11 is 0. The number of rotatable bonds is 6. The predicted molar refractivity (Wildman–Crippen MR) is 109 cm³/mol. The molecule has 1 amide bonds. The van der Waals surface area contributed by atoms with Crippen LogP contribution in [0.25, 0.3) is 0 Å². The van der Waals surface area contributed by atoms with Gasteiger partial charge in [0.15, 0.2) is 5.82 Å². The monoisotopic (exact) mass is 413 g/mol. The van der Waals surface area contributed by atoms with Gasteiger partial charge < -0.3 is 26.8 Å². The third kappa shape index (κ3) is 4.48. The van der Waals surface area contributed by atoms with E-state index in [9.17, 15) is 19.6 Å². The Morgan fingerprint density at radius 1 is 1.33 bits per heavy atom. The van der Waals surface area contributed by atoms with Crippen molar-refractivity contribution < 1.29 is 14.3 Å². The van der Waals surface area contributed by atoms with Crippen LogP contribution in [-0.4, -0.2) is 46.2 Å². The van der Waals surface area contributed by atoms with E-state index in [0.717, 1.165) is 0 Å². The second kappa shape index (κ2) is 9.02. The molecule has 0 aliphatic carbocycles. The maximum absolute atomic E-state index is 13.2. The fraction of sp³-hybridized carbons (Fsp3) is 0.400. The SMILES string of the molecule is N#Cc1c(N)ncnc1N1CCC(N)(C(=O)NC(CCO)c2ccc(F)cc2)CC1. The Morgan fingerprint density at radius 3 is 2.60 bits per heavy atom. The third-order valence-electron chi connectivity index (χ3n) is 5.37. The third-order valence-corrected chi connectivity index (χ3v) is 5.37. The van der Waals surface area contributed by atoms with Crippen molar-refractivity contribution in [2.24, 2.45) is 5.73 Å². The molecule has 1 aliphatic heterocycles. The first kappa shape index (κ1) is 21.4. The number of anilines is 2. The lowest BCUT2D eigenvalue weighted by atomic mass is 9.86. The Morgan fingerprint density at radius 2 is 2.00 bits per heavy atom. The van der Waals surface area contributed by atoms with Gasteiger partial charge in [-0.3, -0.25) is 4.79 Å². The summed E-state index contributed by atoms with van der Waals surface area (Å²) in [6, 6.07) is 7.30. The van der Waals surface area contributed by atoms with Crippen molar-refractivity contribution in [2.75, 3.05) is 30.3 Å². The number of aromatic nitrogens is 2. The Labute approximate surface area is 173 Å². The van der Waals surface area contributed by atoms with E-state index in [1.54, 1.807) is 12.1 Å². The van der Waals surface area contributed by atoms with Crippen LogP contribution >= 0.6 is 0 Å². The number of nitrogens with one attached hydrogen (secondary N) is 1. The first-order chi connectivity index (χ1) is 14.4. The molecule has 1 aliphatic rings. The molecule has 1 atom stereocenters. The van der Waals surface area contributed by atoms with Gasteiger partial charge in [0.1, 0.15) is 29.6 Å². The van der Waals surface area contributed by atoms with Crippen molar-refractivity contribution in [1.82, 2.24) is 15.3 Å². The number of carbonyl (C=O) groups is 1. The number of amides is 1. The lowest BCUT2D eigenvalue weighted by Gasteiger charge is -2.39. The minimum absolute atomic E-state index is 0.107. The summed E-state index contributed by atoms with van der Waals surface area (Å²) in [7, 11) is 0. The number of halogens is 1. The van der Waals surface area contributed by atoms with Gasteiger partial charge in [-0.2, -0.15) is 5.26 Å². The van der Waals surface area contributed by atoms with Gasteiger partial charge in [0.05, 0.1) is 11.6 Å². The van der Waals surface area contributed by atoms with Gasteiger partial charge in [-0.15, -0.1) is 0 Å². The molecule has 1 aromatic carbocycles. The number of nitrogens with zero attached hydrogens (tertiary/aromatic N) is 4. The summed E-state index contributed by atoms with van der Waals surface area (Å²) in [5.74, 6) is -0.182. The summed E-state index contributed by atoms with van der Waals surface area (Å²) in [6.07, 6.45) is 2.25. The maximum Gasteiger partial charge on any atom is 0.240 e. The highest BCUT2D eigenvalue weighted by atomic mass is 19.1. The normalized spacial score (nSPS) is 16.5. The zero-order chi connectivity index (χ0) is 21.7. The number of piperidine rings is 1. The van der Waals surface area contributed by atoms with Gasteiger partial charge in [-0.05, 0) is 37.0 Å². The summed E-state index contributed by atoms with van der Waals surface area (Å²) in [6.45, 7) is 0.687. The molecule has 158 valence electrons. The van der Waals surface area contributed by atoms with Crippen molar-refractivity contribution in [3.05, 3.63) is 47.5 Å². The van der Waals surface area contributed by atoms with Crippen LogP contribution in [0.3, 0.4) is 0 Å². The number of nitrogen functional groups attached to an aromatic ring is 1. The predicted octanol–water partition coefficient (Wildman–Crippen LogP) is 0.607. The van der Waals surface area contributed by atoms with Crippen LogP contribution in [0.1, 0.15) is 36.4 Å². The van der Waals surface area contributed by atoms with Crippen molar-refractivity contribution in [3.63, 3.8) is 0 Å². The second-order valence-electron chi connectivity index (χ2n) is 7.30. The molecule has 30 heavy (non-hydrogen) atoms. The van der Waals surface area contributed by atoms with Crippen molar-refractivity contribution >= 4 is 17.5 Å². The molecule has 1 saturated heterocycles. The Balaban J connectivity index is 1.69. The number of nitriles is 1. The highest BCUT2D eigenvalue weighted by Gasteiger charge is 2.39. The van der Waals surface area contributed by atoms with Gasteiger partial charge in [0.2, 0.25) is 5.91 Å². The molecule has 0 saturated carbocycles. The first-order valence-corrected chi connectivity index (χ1v) is 9.59. The lowest BCUT2D eigenvalue weighted by Crippen LogP contribution is -2.60. The fourth-order valence-corrected chi connectivity index (χ4v) is 3.53. The van der Waals surface area contributed by atoms with Crippen molar-refractivity contribution in [1.29, 1.82) is 5.26 Å². The standard InChI is InChI=1S/C20H24FN7O2/c21-14-3-1-13(2-4-14)16(5-10-29)27-19(30)20(24)6-8-28(9-7-20)18-15(11-22)17(23)25-12-26-18/h1-4,12,16,29H,5-10,24H2,(H,27,30)(H2,23,25,26). The van der Waals surface area contributed by atoms with Gasteiger partial charge in [-0.25, -0.2) is 14.4 Å². The van der Waals surface area contributed by atoms with Crippen LogP contribution in [0.4, 0.5) is 16.0 Å². The van der Waals surface area contributed by atoms with E-state index < -0.39 is 11.6 Å². The molecule has 0 bridgehead atoms. The highest BCUT2D eigenvalue weighted by molar-refractivity contribution is 5.87. The number of hydrogen-bond acceptors (Lipinski definition) is 8. The summed E-state index contributed by atoms with van der Waals surface area (Å²) in [5, 5.41) is 21.6. The van der Waals surface area contributed by atoms with Crippen LogP contribution in [0.5, 0.6) is 0 Å². The second-order valence-corrected chi connectivity index (χ2v) is 7.30. The van der Waals surface area contributed by atoms with Crippen LogP contribution in [0.15, 0.2) is 30.6 Å². The van der Waals surface area contributed by atoms with Gasteiger partial charge in [0.25, 0.3) is 0 Å². The smallest absolute Gasteiger partial charge is 0.240 e. The Kier molecular flexibility index (Phi) is 6.44. The zero-order valence-corrected chi connectivity index (χ0v) is 16.4. The molecular formula is C20H24FN7O2. The summed E-state index contributed by atoms with van der Waals surface area (Å²) < 4.78 is 13.2. The number of nitrogens with two attached hydrogens (primary N) is 2. The lowest BCUT2D eigenvalue weighted by molar-refractivity contribution is -0.128. The van der Waals surface area contributed by atoms with E-state index in [1.807, 2.05) is 11.0 Å². The largest absolute Gasteiger partial charge is 0.396 e. The molecule has 1 aromatic heterocycles. The summed E-state index contributed by atoms with van der Waals surface area (Å²) in [4.78, 5) is 22.8. The van der Waals surface area contributed by atoms with E-state index in [1.165, 1.54) is 18.5 Å². The molecule has 0 spiro atoms. The van der Waals surface area contributed by atoms with Crippen LogP contribution in [0.2, 0.25) is 0 Å². The number of aliphatic hydroxyl groups excluding tert-OH is 1. The van der Waals surface area contributed by atoms with Crippen molar-refractivity contribution in [2.45, 2.75) is 30.8 Å².